The number of alkyl halides is 1. The molecule has 0 radical (unpaired) electrons. The maximum atomic E-state index is 11.5. The first-order valence-electron chi connectivity index (χ1n) is 4.74. The predicted octanol–water partition coefficient (Wildman–Crippen LogP) is 1.90. The lowest BCUT2D eigenvalue weighted by molar-refractivity contribution is -0.155. The summed E-state index contributed by atoms with van der Waals surface area (Å²) in [7, 11) is 2.49. The number of methoxy groups -OCH3 is 2. The fourth-order valence-electron chi connectivity index (χ4n) is 1.10. The number of hydrogen-bond acceptors (Lipinski definition) is 4. The zero-order valence-electron chi connectivity index (χ0n) is 9.50. The number of rotatable bonds is 5. The van der Waals surface area contributed by atoms with Crippen molar-refractivity contribution in [3.05, 3.63) is 0 Å². The Labute approximate surface area is 98.4 Å². The van der Waals surface area contributed by atoms with Crippen LogP contribution in [0.4, 0.5) is 0 Å². The molecule has 88 valence electrons. The van der Waals surface area contributed by atoms with Crippen LogP contribution in [0.2, 0.25) is 0 Å². The highest BCUT2D eigenvalue weighted by molar-refractivity contribution is 9.10. The van der Waals surface area contributed by atoms with Gasteiger partial charge < -0.3 is 9.47 Å². The third-order valence-corrected chi connectivity index (χ3v) is 3.13. The van der Waals surface area contributed by atoms with Crippen LogP contribution >= 0.6 is 15.9 Å². The van der Waals surface area contributed by atoms with Gasteiger partial charge in [-0.15, -0.1) is 0 Å². The van der Waals surface area contributed by atoms with E-state index in [0.29, 0.717) is 12.3 Å². The zero-order valence-corrected chi connectivity index (χ0v) is 11.1. The topological polar surface area (TPSA) is 52.6 Å². The van der Waals surface area contributed by atoms with Crippen LogP contribution in [-0.4, -0.2) is 30.5 Å². The second-order valence-electron chi connectivity index (χ2n) is 3.72. The Hall–Kier alpha value is -0.580. The smallest absolute Gasteiger partial charge is 0.334 e. The average molecular weight is 281 g/mol. The summed E-state index contributed by atoms with van der Waals surface area (Å²) >= 11 is 3.12. The van der Waals surface area contributed by atoms with E-state index in [1.807, 2.05) is 13.8 Å². The Morgan fingerprint density at radius 2 is 1.60 bits per heavy atom. The molecule has 5 heteroatoms. The van der Waals surface area contributed by atoms with Gasteiger partial charge >= 0.3 is 11.9 Å². The van der Waals surface area contributed by atoms with Crippen LogP contribution in [0.25, 0.3) is 0 Å². The van der Waals surface area contributed by atoms with Gasteiger partial charge in [0.1, 0.15) is 0 Å². The van der Waals surface area contributed by atoms with Gasteiger partial charge in [0.05, 0.1) is 14.2 Å². The molecule has 0 unspecified atom stereocenters. The van der Waals surface area contributed by atoms with E-state index < -0.39 is 16.3 Å². The Kier molecular flexibility index (Phi) is 5.87. The highest BCUT2D eigenvalue weighted by Crippen LogP contribution is 2.29. The summed E-state index contributed by atoms with van der Waals surface area (Å²) in [5.74, 6) is -0.832. The van der Waals surface area contributed by atoms with Gasteiger partial charge in [-0.2, -0.15) is 0 Å². The van der Waals surface area contributed by atoms with Gasteiger partial charge in [-0.1, -0.05) is 29.8 Å². The van der Waals surface area contributed by atoms with Gasteiger partial charge in [0.2, 0.25) is 4.32 Å². The third-order valence-electron chi connectivity index (χ3n) is 2.08. The molecule has 15 heavy (non-hydrogen) atoms. The van der Waals surface area contributed by atoms with E-state index in [1.54, 1.807) is 0 Å². The second kappa shape index (κ2) is 6.10. The second-order valence-corrected chi connectivity index (χ2v) is 5.07. The lowest BCUT2D eigenvalue weighted by atomic mass is 9.98. The van der Waals surface area contributed by atoms with E-state index in [-0.39, 0.29) is 0 Å². The van der Waals surface area contributed by atoms with Crippen molar-refractivity contribution in [3.8, 4) is 0 Å². The number of carbonyl (C=O) groups excluding carboxylic acids is 2. The summed E-state index contributed by atoms with van der Waals surface area (Å²) in [5.41, 5.74) is 0. The molecule has 0 amide bonds. The molecule has 0 aromatic rings. The minimum Gasteiger partial charge on any atom is -0.468 e. The molecule has 0 spiro atoms. The molecule has 0 aliphatic carbocycles. The van der Waals surface area contributed by atoms with Crippen LogP contribution in [-0.2, 0) is 19.1 Å². The molecule has 0 aliphatic rings. The zero-order chi connectivity index (χ0) is 12.1. The van der Waals surface area contributed by atoms with Gasteiger partial charge in [0.15, 0.2) is 0 Å². The van der Waals surface area contributed by atoms with E-state index in [4.69, 9.17) is 0 Å². The van der Waals surface area contributed by atoms with Gasteiger partial charge in [0.25, 0.3) is 0 Å². The van der Waals surface area contributed by atoms with Crippen LogP contribution in [0.1, 0.15) is 26.7 Å². The SMILES string of the molecule is COC(=O)C(Br)(CCC(C)C)C(=O)OC. The quantitative estimate of drug-likeness (QED) is 0.439. The molecular weight excluding hydrogens is 264 g/mol. The summed E-state index contributed by atoms with van der Waals surface area (Å²) < 4.78 is 7.81. The van der Waals surface area contributed by atoms with Gasteiger partial charge in [-0.3, -0.25) is 0 Å². The van der Waals surface area contributed by atoms with Gasteiger partial charge in [0, 0.05) is 0 Å². The molecule has 0 fully saturated rings. The summed E-state index contributed by atoms with van der Waals surface area (Å²) in [6.07, 6.45) is 1.10. The third kappa shape index (κ3) is 3.81. The van der Waals surface area contributed by atoms with Crippen LogP contribution in [0, 0.1) is 5.92 Å². The normalized spacial score (nSPS) is 11.3. The molecule has 0 N–H and O–H groups in total. The minimum atomic E-state index is -1.36. The molecule has 0 bridgehead atoms. The van der Waals surface area contributed by atoms with Crippen molar-refractivity contribution in [2.45, 2.75) is 31.0 Å². The van der Waals surface area contributed by atoms with Crippen LogP contribution < -0.4 is 0 Å². The largest absolute Gasteiger partial charge is 0.468 e. The first-order valence-corrected chi connectivity index (χ1v) is 5.53. The highest BCUT2D eigenvalue weighted by atomic mass is 79.9. The maximum Gasteiger partial charge on any atom is 0.334 e. The Morgan fingerprint density at radius 1 is 1.20 bits per heavy atom. The number of ether oxygens (including phenoxy) is 2. The highest BCUT2D eigenvalue weighted by Gasteiger charge is 2.45. The van der Waals surface area contributed by atoms with E-state index in [2.05, 4.69) is 25.4 Å². The number of carbonyl (C=O) groups is 2. The van der Waals surface area contributed by atoms with E-state index in [0.717, 1.165) is 6.42 Å². The molecule has 4 nitrogen and oxygen atoms in total. The van der Waals surface area contributed by atoms with Crippen LogP contribution in [0.5, 0.6) is 0 Å². The Balaban J connectivity index is 4.70. The number of hydrogen-bond donors (Lipinski definition) is 0. The van der Waals surface area contributed by atoms with Gasteiger partial charge in [-0.25, -0.2) is 9.59 Å². The molecule has 0 saturated heterocycles. The Bertz CT molecular complexity index is 222. The van der Waals surface area contributed by atoms with Crippen molar-refractivity contribution in [3.63, 3.8) is 0 Å². The van der Waals surface area contributed by atoms with Crippen LogP contribution in [0.3, 0.4) is 0 Å². The molecule has 0 aromatic heterocycles. The van der Waals surface area contributed by atoms with Crippen molar-refractivity contribution in [2.75, 3.05) is 14.2 Å². The van der Waals surface area contributed by atoms with E-state index in [1.165, 1.54) is 14.2 Å². The van der Waals surface area contributed by atoms with E-state index >= 15 is 0 Å². The molecular formula is C10H17BrO4. The molecule has 0 aliphatic heterocycles. The number of esters is 2. The molecule has 0 rings (SSSR count). The van der Waals surface area contributed by atoms with Crippen molar-refractivity contribution in [1.29, 1.82) is 0 Å². The summed E-state index contributed by atoms with van der Waals surface area (Å²) in [6.45, 7) is 4.03. The maximum absolute atomic E-state index is 11.5. The van der Waals surface area contributed by atoms with Crippen LogP contribution in [0.15, 0.2) is 0 Å². The molecule has 0 atom stereocenters. The Morgan fingerprint density at radius 3 is 1.87 bits per heavy atom. The number of halogens is 1. The summed E-state index contributed by atoms with van der Waals surface area (Å²) in [5, 5.41) is 0. The summed E-state index contributed by atoms with van der Waals surface area (Å²) in [6, 6.07) is 0. The molecule has 0 heterocycles. The monoisotopic (exact) mass is 280 g/mol. The lowest BCUT2D eigenvalue weighted by Gasteiger charge is -2.22. The van der Waals surface area contributed by atoms with E-state index in [9.17, 15) is 9.59 Å². The van der Waals surface area contributed by atoms with Crippen molar-refractivity contribution >= 4 is 27.9 Å². The lowest BCUT2D eigenvalue weighted by Crippen LogP contribution is -2.42. The first-order chi connectivity index (χ1) is 6.88. The molecule has 0 aromatic carbocycles. The standard InChI is InChI=1S/C10H17BrO4/c1-7(2)5-6-10(11,8(12)14-3)9(13)15-4/h7H,5-6H2,1-4H3. The fraction of sp³-hybridized carbons (Fsp3) is 0.800. The first kappa shape index (κ1) is 14.4. The predicted molar refractivity (Wildman–Crippen MR) is 59.8 cm³/mol. The van der Waals surface area contributed by atoms with Crippen molar-refractivity contribution in [1.82, 2.24) is 0 Å². The fourth-order valence-corrected chi connectivity index (χ4v) is 1.65. The van der Waals surface area contributed by atoms with Crippen molar-refractivity contribution in [2.24, 2.45) is 5.92 Å². The average Bonchev–Trinajstić information content (AvgIpc) is 2.23. The van der Waals surface area contributed by atoms with Gasteiger partial charge in [-0.05, 0) is 18.8 Å². The van der Waals surface area contributed by atoms with Crippen molar-refractivity contribution < 1.29 is 19.1 Å². The summed E-state index contributed by atoms with van der Waals surface area (Å²) in [4.78, 5) is 23.0. The molecule has 0 saturated carbocycles. The minimum absolute atomic E-state index is 0.365.